The molecule has 4 nitrogen and oxygen atoms in total. The lowest BCUT2D eigenvalue weighted by atomic mass is 9.99. The van der Waals surface area contributed by atoms with Crippen molar-refractivity contribution in [3.63, 3.8) is 0 Å². The monoisotopic (exact) mass is 241 g/mol. The van der Waals surface area contributed by atoms with Crippen LogP contribution in [0.4, 0.5) is 0 Å². The second kappa shape index (κ2) is 4.87. The molecule has 2 rings (SSSR count). The van der Waals surface area contributed by atoms with E-state index in [1.54, 1.807) is 17.1 Å². The number of nitrogens with zero attached hydrogens (tertiary/aromatic N) is 3. The van der Waals surface area contributed by atoms with E-state index in [1.807, 2.05) is 11.9 Å². The summed E-state index contributed by atoms with van der Waals surface area (Å²) in [5.41, 5.74) is 0.657. The van der Waals surface area contributed by atoms with Crippen LogP contribution >= 0.6 is 11.6 Å². The summed E-state index contributed by atoms with van der Waals surface area (Å²) < 4.78 is 1.76. The standard InChI is InChI=1S/C11H16ClN3O/c1-14-8-13-7-10(14)11(16)15-4-2-9(6-12)3-5-15/h7-9H,2-6H2,1H3. The van der Waals surface area contributed by atoms with Crippen LogP contribution in [0.25, 0.3) is 0 Å². The summed E-state index contributed by atoms with van der Waals surface area (Å²) in [6.07, 6.45) is 5.29. The molecule has 1 saturated heterocycles. The Labute approximate surface area is 100 Å². The number of amides is 1. The predicted octanol–water partition coefficient (Wildman–Crippen LogP) is 1.51. The fourth-order valence-corrected chi connectivity index (χ4v) is 2.32. The molecule has 0 saturated carbocycles. The van der Waals surface area contributed by atoms with Gasteiger partial charge >= 0.3 is 0 Å². The van der Waals surface area contributed by atoms with Gasteiger partial charge in [-0.25, -0.2) is 4.98 Å². The Hall–Kier alpha value is -1.03. The average molecular weight is 242 g/mol. The maximum atomic E-state index is 12.1. The summed E-state index contributed by atoms with van der Waals surface area (Å²) in [6.45, 7) is 1.61. The Kier molecular flexibility index (Phi) is 3.49. The first kappa shape index (κ1) is 11.5. The third kappa shape index (κ3) is 2.21. The second-order valence-electron chi connectivity index (χ2n) is 4.28. The van der Waals surface area contributed by atoms with Crippen LogP contribution in [0.5, 0.6) is 0 Å². The minimum absolute atomic E-state index is 0.0769. The van der Waals surface area contributed by atoms with E-state index < -0.39 is 0 Å². The van der Waals surface area contributed by atoms with Crippen molar-refractivity contribution in [1.82, 2.24) is 14.5 Å². The van der Waals surface area contributed by atoms with Gasteiger partial charge in [0.05, 0.1) is 12.5 Å². The first-order chi connectivity index (χ1) is 7.72. The summed E-state index contributed by atoms with van der Waals surface area (Å²) in [5.74, 6) is 1.35. The first-order valence-corrected chi connectivity index (χ1v) is 6.07. The lowest BCUT2D eigenvalue weighted by molar-refractivity contribution is 0.0688. The Morgan fingerprint density at radius 1 is 1.56 bits per heavy atom. The van der Waals surface area contributed by atoms with Crippen molar-refractivity contribution < 1.29 is 4.79 Å². The largest absolute Gasteiger partial charge is 0.337 e. The van der Waals surface area contributed by atoms with E-state index in [0.717, 1.165) is 25.9 Å². The number of imidazole rings is 1. The highest BCUT2D eigenvalue weighted by atomic mass is 35.5. The van der Waals surface area contributed by atoms with Gasteiger partial charge in [0, 0.05) is 26.0 Å². The van der Waals surface area contributed by atoms with Crippen molar-refractivity contribution in [2.45, 2.75) is 12.8 Å². The Bertz CT molecular complexity index is 369. The van der Waals surface area contributed by atoms with Gasteiger partial charge in [0.2, 0.25) is 0 Å². The third-order valence-electron chi connectivity index (χ3n) is 3.16. The average Bonchev–Trinajstić information content (AvgIpc) is 2.75. The van der Waals surface area contributed by atoms with Crippen LogP contribution in [0.2, 0.25) is 0 Å². The second-order valence-corrected chi connectivity index (χ2v) is 4.59. The third-order valence-corrected chi connectivity index (χ3v) is 3.59. The molecule has 1 amide bonds. The first-order valence-electron chi connectivity index (χ1n) is 5.54. The summed E-state index contributed by atoms with van der Waals surface area (Å²) in [6, 6.07) is 0. The van der Waals surface area contributed by atoms with Crippen LogP contribution in [-0.4, -0.2) is 39.3 Å². The maximum Gasteiger partial charge on any atom is 0.272 e. The Morgan fingerprint density at radius 2 is 2.25 bits per heavy atom. The van der Waals surface area contributed by atoms with Crippen molar-refractivity contribution in [2.24, 2.45) is 13.0 Å². The predicted molar refractivity (Wildman–Crippen MR) is 62.6 cm³/mol. The fraction of sp³-hybridized carbons (Fsp3) is 0.636. The van der Waals surface area contributed by atoms with Crippen LogP contribution in [0, 0.1) is 5.92 Å². The van der Waals surface area contributed by atoms with E-state index in [1.165, 1.54) is 0 Å². The van der Waals surface area contributed by atoms with Crippen LogP contribution in [0.15, 0.2) is 12.5 Å². The zero-order valence-corrected chi connectivity index (χ0v) is 10.2. The smallest absolute Gasteiger partial charge is 0.272 e. The molecule has 0 radical (unpaired) electrons. The number of halogens is 1. The molecule has 1 aliphatic heterocycles. The molecule has 88 valence electrons. The number of alkyl halides is 1. The maximum absolute atomic E-state index is 12.1. The summed E-state index contributed by atoms with van der Waals surface area (Å²) in [7, 11) is 1.84. The minimum Gasteiger partial charge on any atom is -0.337 e. The Balaban J connectivity index is 2.00. The molecule has 0 bridgehead atoms. The molecule has 1 aliphatic rings. The van der Waals surface area contributed by atoms with Gasteiger partial charge in [-0.15, -0.1) is 11.6 Å². The number of likely N-dealkylation sites (tertiary alicyclic amines) is 1. The van der Waals surface area contributed by atoms with Crippen molar-refractivity contribution in [2.75, 3.05) is 19.0 Å². The van der Waals surface area contributed by atoms with Crippen LogP contribution in [-0.2, 0) is 7.05 Å². The number of hydrogen-bond donors (Lipinski definition) is 0. The van der Waals surface area contributed by atoms with E-state index in [4.69, 9.17) is 11.6 Å². The van der Waals surface area contributed by atoms with Gasteiger partial charge in [-0.1, -0.05) is 0 Å². The summed E-state index contributed by atoms with van der Waals surface area (Å²) in [4.78, 5) is 18.0. The van der Waals surface area contributed by atoms with E-state index >= 15 is 0 Å². The molecule has 0 unspecified atom stereocenters. The highest BCUT2D eigenvalue weighted by Crippen LogP contribution is 2.19. The zero-order valence-electron chi connectivity index (χ0n) is 9.40. The number of piperidine rings is 1. The van der Waals surface area contributed by atoms with Crippen molar-refractivity contribution in [1.29, 1.82) is 0 Å². The molecule has 5 heteroatoms. The van der Waals surface area contributed by atoms with Gasteiger partial charge in [-0.3, -0.25) is 4.79 Å². The number of carbonyl (C=O) groups is 1. The molecule has 0 spiro atoms. The number of hydrogen-bond acceptors (Lipinski definition) is 2. The van der Waals surface area contributed by atoms with Crippen LogP contribution in [0.3, 0.4) is 0 Å². The SMILES string of the molecule is Cn1cncc1C(=O)N1CCC(CCl)CC1. The minimum atomic E-state index is 0.0769. The van der Waals surface area contributed by atoms with E-state index in [0.29, 0.717) is 17.5 Å². The topological polar surface area (TPSA) is 38.1 Å². The van der Waals surface area contributed by atoms with Gasteiger partial charge in [-0.2, -0.15) is 0 Å². The van der Waals surface area contributed by atoms with Crippen molar-refractivity contribution in [3.05, 3.63) is 18.2 Å². The molecule has 0 aromatic carbocycles. The molecule has 0 atom stereocenters. The van der Waals surface area contributed by atoms with Gasteiger partial charge in [0.15, 0.2) is 0 Å². The fourth-order valence-electron chi connectivity index (χ4n) is 2.02. The lowest BCUT2D eigenvalue weighted by Crippen LogP contribution is -2.39. The highest BCUT2D eigenvalue weighted by Gasteiger charge is 2.24. The molecule has 1 aromatic rings. The van der Waals surface area contributed by atoms with E-state index in [-0.39, 0.29) is 5.91 Å². The van der Waals surface area contributed by atoms with Gasteiger partial charge in [0.25, 0.3) is 5.91 Å². The Morgan fingerprint density at radius 3 is 2.75 bits per heavy atom. The normalized spacial score (nSPS) is 17.8. The molecule has 0 aliphatic carbocycles. The lowest BCUT2D eigenvalue weighted by Gasteiger charge is -2.31. The summed E-state index contributed by atoms with van der Waals surface area (Å²) >= 11 is 5.81. The number of aromatic nitrogens is 2. The van der Waals surface area contributed by atoms with E-state index in [9.17, 15) is 4.79 Å². The zero-order chi connectivity index (χ0) is 11.5. The molecule has 1 fully saturated rings. The number of rotatable bonds is 2. The van der Waals surface area contributed by atoms with Gasteiger partial charge in [-0.05, 0) is 18.8 Å². The van der Waals surface area contributed by atoms with E-state index in [2.05, 4.69) is 4.98 Å². The molecule has 2 heterocycles. The van der Waals surface area contributed by atoms with Crippen LogP contribution in [0.1, 0.15) is 23.3 Å². The molecule has 0 N–H and O–H groups in total. The number of aryl methyl sites for hydroxylation is 1. The quantitative estimate of drug-likeness (QED) is 0.737. The highest BCUT2D eigenvalue weighted by molar-refractivity contribution is 6.18. The van der Waals surface area contributed by atoms with Gasteiger partial charge in [0.1, 0.15) is 5.69 Å². The van der Waals surface area contributed by atoms with Crippen LogP contribution < -0.4 is 0 Å². The molecule has 16 heavy (non-hydrogen) atoms. The summed E-state index contributed by atoms with van der Waals surface area (Å²) in [5, 5.41) is 0. The molecular weight excluding hydrogens is 226 g/mol. The molecular formula is C11H16ClN3O. The van der Waals surface area contributed by atoms with Gasteiger partial charge < -0.3 is 9.47 Å². The van der Waals surface area contributed by atoms with Crippen molar-refractivity contribution >= 4 is 17.5 Å². The molecule has 1 aromatic heterocycles. The van der Waals surface area contributed by atoms with Crippen molar-refractivity contribution in [3.8, 4) is 0 Å². The number of carbonyl (C=O) groups excluding carboxylic acids is 1.